The predicted molar refractivity (Wildman–Crippen MR) is 118 cm³/mol. The Hall–Kier alpha value is -2.20. The Morgan fingerprint density at radius 2 is 1.90 bits per heavy atom. The topological polar surface area (TPSA) is 79.0 Å². The first-order valence-electron chi connectivity index (χ1n) is 9.80. The highest BCUT2D eigenvalue weighted by Gasteiger charge is 2.21. The molecule has 0 unspecified atom stereocenters. The molecule has 1 fully saturated rings. The molecule has 1 saturated heterocycles. The van der Waals surface area contributed by atoms with Crippen LogP contribution >= 0.6 is 11.6 Å². The molecular weight excluding hydrogens is 445 g/mol. The van der Waals surface area contributed by atoms with E-state index in [0.29, 0.717) is 0 Å². The number of amides is 1. The van der Waals surface area contributed by atoms with E-state index in [1.54, 1.807) is 0 Å². The number of hydrogen-bond acceptors (Lipinski definition) is 5. The largest absolute Gasteiger partial charge is 0.379 e. The van der Waals surface area contributed by atoms with Crippen LogP contribution in [0.25, 0.3) is 0 Å². The van der Waals surface area contributed by atoms with Crippen LogP contribution in [0.4, 0.5) is 10.1 Å². The second kappa shape index (κ2) is 10.4. The number of anilines is 1. The number of carbonyl (C=O) groups excluding carboxylic acids is 1. The lowest BCUT2D eigenvalue weighted by Crippen LogP contribution is -2.40. The average molecular weight is 470 g/mol. The van der Waals surface area contributed by atoms with Crippen LogP contribution in [0.15, 0.2) is 42.5 Å². The number of nitrogens with zero attached hydrogens (tertiary/aromatic N) is 2. The molecule has 3 rings (SSSR count). The quantitative estimate of drug-likeness (QED) is 0.642. The molecule has 0 radical (unpaired) electrons. The zero-order valence-corrected chi connectivity index (χ0v) is 18.8. The molecule has 0 aromatic heterocycles. The van der Waals surface area contributed by atoms with E-state index in [4.69, 9.17) is 16.3 Å². The van der Waals surface area contributed by atoms with Gasteiger partial charge in [0.25, 0.3) is 0 Å². The van der Waals surface area contributed by atoms with Crippen LogP contribution in [0.2, 0.25) is 5.02 Å². The lowest BCUT2D eigenvalue weighted by molar-refractivity contribution is -0.119. The second-order valence-electron chi connectivity index (χ2n) is 7.35. The molecule has 0 spiro atoms. The number of benzene rings is 2. The van der Waals surface area contributed by atoms with Crippen LogP contribution in [0.3, 0.4) is 0 Å². The summed E-state index contributed by atoms with van der Waals surface area (Å²) < 4.78 is 44.0. The number of carbonyl (C=O) groups is 1. The normalized spacial score (nSPS) is 14.9. The van der Waals surface area contributed by atoms with Crippen LogP contribution in [0.5, 0.6) is 0 Å². The minimum absolute atomic E-state index is 0.122. The molecule has 31 heavy (non-hydrogen) atoms. The van der Waals surface area contributed by atoms with Crippen molar-refractivity contribution in [3.8, 4) is 0 Å². The van der Waals surface area contributed by atoms with E-state index in [2.05, 4.69) is 10.2 Å². The van der Waals surface area contributed by atoms with Gasteiger partial charge in [-0.1, -0.05) is 35.9 Å². The highest BCUT2D eigenvalue weighted by molar-refractivity contribution is 7.92. The zero-order chi connectivity index (χ0) is 22.4. The molecule has 10 heteroatoms. The first-order valence-corrected chi connectivity index (χ1v) is 12.0. The maximum Gasteiger partial charge on any atom is 0.241 e. The van der Waals surface area contributed by atoms with Crippen molar-refractivity contribution in [2.45, 2.75) is 13.1 Å². The molecule has 2 aromatic carbocycles. The standard InChI is InChI=1S/C21H25ClFN3O4S/c1-31(28,29)26(18-5-6-20(23)19(22)12-18)15-21(27)24-13-16-3-2-4-17(11-16)14-25-7-9-30-10-8-25/h2-6,11-12H,7-10,13-15H2,1H3,(H,24,27). The van der Waals surface area contributed by atoms with Gasteiger partial charge < -0.3 is 10.1 Å². The predicted octanol–water partition coefficient (Wildman–Crippen LogP) is 2.39. The van der Waals surface area contributed by atoms with Crippen molar-refractivity contribution in [1.29, 1.82) is 0 Å². The summed E-state index contributed by atoms with van der Waals surface area (Å²) in [6.45, 7) is 3.85. The van der Waals surface area contributed by atoms with Crippen LogP contribution in [-0.2, 0) is 32.6 Å². The van der Waals surface area contributed by atoms with Gasteiger partial charge in [-0.05, 0) is 29.3 Å². The zero-order valence-electron chi connectivity index (χ0n) is 17.2. The Bertz CT molecular complexity index is 1030. The van der Waals surface area contributed by atoms with Gasteiger partial charge in [0, 0.05) is 26.2 Å². The summed E-state index contributed by atoms with van der Waals surface area (Å²) in [5.41, 5.74) is 2.17. The van der Waals surface area contributed by atoms with Crippen molar-refractivity contribution in [2.75, 3.05) is 43.4 Å². The Morgan fingerprint density at radius 1 is 1.19 bits per heavy atom. The number of rotatable bonds is 8. The molecule has 7 nitrogen and oxygen atoms in total. The van der Waals surface area contributed by atoms with E-state index in [1.807, 2.05) is 24.3 Å². The van der Waals surface area contributed by atoms with E-state index >= 15 is 0 Å². The second-order valence-corrected chi connectivity index (χ2v) is 9.67. The SMILES string of the molecule is CS(=O)(=O)N(CC(=O)NCc1cccc(CN2CCOCC2)c1)c1ccc(F)c(Cl)c1. The lowest BCUT2D eigenvalue weighted by atomic mass is 10.1. The summed E-state index contributed by atoms with van der Waals surface area (Å²) in [4.78, 5) is 14.8. The van der Waals surface area contributed by atoms with Crippen molar-refractivity contribution in [3.05, 3.63) is 64.4 Å². The summed E-state index contributed by atoms with van der Waals surface area (Å²) in [5.74, 6) is -1.15. The van der Waals surface area contributed by atoms with Gasteiger partial charge in [-0.15, -0.1) is 0 Å². The molecular formula is C21H25ClFN3O4S. The van der Waals surface area contributed by atoms with E-state index in [1.165, 1.54) is 12.1 Å². The molecule has 168 valence electrons. The third-order valence-corrected chi connectivity index (χ3v) is 6.30. The fourth-order valence-corrected chi connectivity index (χ4v) is 4.31. The van der Waals surface area contributed by atoms with Gasteiger partial charge in [-0.25, -0.2) is 12.8 Å². The molecule has 0 atom stereocenters. The lowest BCUT2D eigenvalue weighted by Gasteiger charge is -2.26. The van der Waals surface area contributed by atoms with Crippen LogP contribution < -0.4 is 9.62 Å². The van der Waals surface area contributed by atoms with Gasteiger partial charge in [0.2, 0.25) is 15.9 Å². The minimum atomic E-state index is -3.77. The van der Waals surface area contributed by atoms with Crippen LogP contribution in [-0.4, -0.2) is 58.3 Å². The highest BCUT2D eigenvalue weighted by atomic mass is 35.5. The Morgan fingerprint density at radius 3 is 2.58 bits per heavy atom. The monoisotopic (exact) mass is 469 g/mol. The number of nitrogens with one attached hydrogen (secondary N) is 1. The number of morpholine rings is 1. The summed E-state index contributed by atoms with van der Waals surface area (Å²) in [5, 5.41) is 2.52. The fraction of sp³-hybridized carbons (Fsp3) is 0.381. The number of hydrogen-bond donors (Lipinski definition) is 1. The summed E-state index contributed by atoms with van der Waals surface area (Å²) >= 11 is 5.76. The molecule has 0 saturated carbocycles. The van der Waals surface area contributed by atoms with Crippen molar-refractivity contribution < 1.29 is 22.3 Å². The Balaban J connectivity index is 1.61. The first kappa shape index (κ1) is 23.5. The Labute approximate surface area is 186 Å². The summed E-state index contributed by atoms with van der Waals surface area (Å²) in [6, 6.07) is 11.4. The van der Waals surface area contributed by atoms with Gasteiger partial charge in [-0.2, -0.15) is 0 Å². The third kappa shape index (κ3) is 6.90. The molecule has 1 heterocycles. The van der Waals surface area contributed by atoms with Gasteiger partial charge in [0.15, 0.2) is 0 Å². The maximum atomic E-state index is 13.4. The van der Waals surface area contributed by atoms with Crippen molar-refractivity contribution in [1.82, 2.24) is 10.2 Å². The maximum absolute atomic E-state index is 13.4. The number of sulfonamides is 1. The van der Waals surface area contributed by atoms with E-state index in [9.17, 15) is 17.6 Å². The van der Waals surface area contributed by atoms with Crippen molar-refractivity contribution in [3.63, 3.8) is 0 Å². The van der Waals surface area contributed by atoms with Gasteiger partial charge in [0.1, 0.15) is 12.4 Å². The highest BCUT2D eigenvalue weighted by Crippen LogP contribution is 2.24. The van der Waals surface area contributed by atoms with E-state index in [-0.39, 0.29) is 17.3 Å². The summed E-state index contributed by atoms with van der Waals surface area (Å²) in [6.07, 6.45) is 0.979. The third-order valence-electron chi connectivity index (χ3n) is 4.87. The first-order chi connectivity index (χ1) is 14.7. The molecule has 0 bridgehead atoms. The van der Waals surface area contributed by atoms with Crippen LogP contribution in [0.1, 0.15) is 11.1 Å². The van der Waals surface area contributed by atoms with Crippen molar-refractivity contribution in [2.24, 2.45) is 0 Å². The summed E-state index contributed by atoms with van der Waals surface area (Å²) in [7, 11) is -3.77. The van der Waals surface area contributed by atoms with Crippen molar-refractivity contribution >= 4 is 33.2 Å². The van der Waals surface area contributed by atoms with E-state index in [0.717, 1.165) is 60.6 Å². The minimum Gasteiger partial charge on any atom is -0.379 e. The van der Waals surface area contributed by atoms with Crippen LogP contribution in [0, 0.1) is 5.82 Å². The Kier molecular flexibility index (Phi) is 7.88. The number of halogens is 2. The molecule has 1 amide bonds. The van der Waals surface area contributed by atoms with Gasteiger partial charge >= 0.3 is 0 Å². The molecule has 1 aliphatic heterocycles. The molecule has 0 aliphatic carbocycles. The molecule has 1 N–H and O–H groups in total. The van der Waals surface area contributed by atoms with Gasteiger partial charge in [0.05, 0.1) is 30.2 Å². The van der Waals surface area contributed by atoms with Gasteiger partial charge in [-0.3, -0.25) is 14.0 Å². The average Bonchev–Trinajstić information content (AvgIpc) is 2.73. The fourth-order valence-electron chi connectivity index (χ4n) is 3.28. The molecule has 2 aromatic rings. The number of ether oxygens (including phenoxy) is 1. The van der Waals surface area contributed by atoms with E-state index < -0.39 is 28.3 Å². The molecule has 1 aliphatic rings. The smallest absolute Gasteiger partial charge is 0.241 e.